The van der Waals surface area contributed by atoms with Crippen LogP contribution in [0.25, 0.3) is 10.9 Å². The van der Waals surface area contributed by atoms with Crippen molar-refractivity contribution in [3.05, 3.63) is 35.9 Å². The molecular weight excluding hydrogens is 262 g/mol. The zero-order valence-corrected chi connectivity index (χ0v) is 12.3. The fourth-order valence-corrected chi connectivity index (χ4v) is 3.25. The molecule has 1 aliphatic rings. The van der Waals surface area contributed by atoms with Crippen LogP contribution in [-0.2, 0) is 6.54 Å². The van der Waals surface area contributed by atoms with Crippen LogP contribution < -0.4 is 10.6 Å². The summed E-state index contributed by atoms with van der Waals surface area (Å²) in [5, 5.41) is 10.3. The molecule has 2 aromatic rings. The van der Waals surface area contributed by atoms with Crippen molar-refractivity contribution in [3.8, 4) is 0 Å². The number of aromatic nitrogens is 1. The molecule has 3 rings (SSSR count). The van der Waals surface area contributed by atoms with Crippen molar-refractivity contribution in [2.24, 2.45) is 11.7 Å². The lowest BCUT2D eigenvalue weighted by molar-refractivity contribution is 0.244. The summed E-state index contributed by atoms with van der Waals surface area (Å²) in [5.41, 5.74) is 8.07. The minimum atomic E-state index is 0.271. The second-order valence-corrected chi connectivity index (χ2v) is 5.83. The van der Waals surface area contributed by atoms with Crippen molar-refractivity contribution in [1.29, 1.82) is 0 Å². The van der Waals surface area contributed by atoms with Gasteiger partial charge in [0.1, 0.15) is 5.82 Å². The third-order valence-electron chi connectivity index (χ3n) is 4.36. The van der Waals surface area contributed by atoms with E-state index >= 15 is 0 Å². The Morgan fingerprint density at radius 2 is 2.19 bits per heavy atom. The van der Waals surface area contributed by atoms with E-state index in [1.165, 1.54) is 6.42 Å². The quantitative estimate of drug-likeness (QED) is 0.905. The maximum absolute atomic E-state index is 9.16. The van der Waals surface area contributed by atoms with Crippen LogP contribution in [0, 0.1) is 5.92 Å². The van der Waals surface area contributed by atoms with Crippen LogP contribution in [0.15, 0.2) is 30.3 Å². The van der Waals surface area contributed by atoms with E-state index in [9.17, 15) is 0 Å². The summed E-state index contributed by atoms with van der Waals surface area (Å²) in [6.45, 7) is 2.78. The second kappa shape index (κ2) is 6.41. The Bertz CT molecular complexity index is 612. The summed E-state index contributed by atoms with van der Waals surface area (Å²) >= 11 is 0. The summed E-state index contributed by atoms with van der Waals surface area (Å²) < 4.78 is 0. The Morgan fingerprint density at radius 3 is 3.00 bits per heavy atom. The predicted octanol–water partition coefficient (Wildman–Crippen LogP) is 2.29. The van der Waals surface area contributed by atoms with E-state index in [0.717, 1.165) is 48.2 Å². The van der Waals surface area contributed by atoms with E-state index in [-0.39, 0.29) is 6.61 Å². The molecule has 1 fully saturated rings. The van der Waals surface area contributed by atoms with Crippen LogP contribution in [0.3, 0.4) is 0 Å². The largest absolute Gasteiger partial charge is 0.396 e. The van der Waals surface area contributed by atoms with Gasteiger partial charge in [0.25, 0.3) is 0 Å². The van der Waals surface area contributed by atoms with Gasteiger partial charge in [-0.3, -0.25) is 0 Å². The Labute approximate surface area is 125 Å². The number of pyridine rings is 1. The van der Waals surface area contributed by atoms with Crippen molar-refractivity contribution >= 4 is 16.7 Å². The van der Waals surface area contributed by atoms with Crippen molar-refractivity contribution in [1.82, 2.24) is 4.98 Å². The molecule has 1 aromatic heterocycles. The zero-order valence-electron chi connectivity index (χ0n) is 12.3. The number of rotatable bonds is 4. The lowest BCUT2D eigenvalue weighted by atomic mass is 9.95. The van der Waals surface area contributed by atoms with E-state index in [2.05, 4.69) is 17.0 Å². The molecule has 4 nitrogen and oxygen atoms in total. The number of hydrogen-bond donors (Lipinski definition) is 2. The lowest BCUT2D eigenvalue weighted by Gasteiger charge is -2.34. The molecule has 2 heterocycles. The Morgan fingerprint density at radius 1 is 1.33 bits per heavy atom. The van der Waals surface area contributed by atoms with Gasteiger partial charge in [-0.15, -0.1) is 0 Å². The average Bonchev–Trinajstić information content (AvgIpc) is 2.54. The average molecular weight is 285 g/mol. The third kappa shape index (κ3) is 3.01. The van der Waals surface area contributed by atoms with Crippen molar-refractivity contribution in [2.45, 2.75) is 25.8 Å². The number of piperidine rings is 1. The van der Waals surface area contributed by atoms with Crippen LogP contribution >= 0.6 is 0 Å². The molecule has 0 amide bonds. The Kier molecular flexibility index (Phi) is 4.36. The molecular formula is C17H23N3O. The van der Waals surface area contributed by atoms with Gasteiger partial charge in [0.2, 0.25) is 0 Å². The van der Waals surface area contributed by atoms with Gasteiger partial charge in [-0.05, 0) is 37.3 Å². The van der Waals surface area contributed by atoms with Crippen LogP contribution in [0.2, 0.25) is 0 Å². The minimum Gasteiger partial charge on any atom is -0.396 e. The number of fused-ring (bicyclic) bond motifs is 1. The number of aliphatic hydroxyl groups excluding tert-OH is 1. The number of para-hydroxylation sites is 1. The summed E-state index contributed by atoms with van der Waals surface area (Å²) in [6, 6.07) is 10.3. The minimum absolute atomic E-state index is 0.271. The summed E-state index contributed by atoms with van der Waals surface area (Å²) in [4.78, 5) is 7.19. The Balaban J connectivity index is 1.94. The van der Waals surface area contributed by atoms with Gasteiger partial charge in [-0.1, -0.05) is 18.2 Å². The Hall–Kier alpha value is -1.65. The highest BCUT2D eigenvalue weighted by Crippen LogP contribution is 2.28. The summed E-state index contributed by atoms with van der Waals surface area (Å²) in [7, 11) is 0. The molecule has 4 heteroatoms. The van der Waals surface area contributed by atoms with E-state index in [1.54, 1.807) is 0 Å². The highest BCUT2D eigenvalue weighted by atomic mass is 16.3. The number of nitrogens with two attached hydrogens (primary N) is 1. The zero-order chi connectivity index (χ0) is 14.7. The van der Waals surface area contributed by atoms with E-state index in [0.29, 0.717) is 12.5 Å². The first kappa shape index (κ1) is 14.3. The van der Waals surface area contributed by atoms with E-state index in [1.807, 2.05) is 18.2 Å². The van der Waals surface area contributed by atoms with Crippen molar-refractivity contribution in [2.75, 3.05) is 24.6 Å². The molecule has 21 heavy (non-hydrogen) atoms. The third-order valence-corrected chi connectivity index (χ3v) is 4.36. The smallest absolute Gasteiger partial charge is 0.133 e. The second-order valence-electron chi connectivity index (χ2n) is 5.83. The highest BCUT2D eigenvalue weighted by molar-refractivity contribution is 5.81. The first-order chi connectivity index (χ1) is 10.3. The fraction of sp³-hybridized carbons (Fsp3) is 0.471. The van der Waals surface area contributed by atoms with Gasteiger partial charge in [0, 0.05) is 37.2 Å². The summed E-state index contributed by atoms with van der Waals surface area (Å²) in [5.74, 6) is 1.58. The van der Waals surface area contributed by atoms with Crippen LogP contribution in [0.1, 0.15) is 24.8 Å². The van der Waals surface area contributed by atoms with Gasteiger partial charge in [0.05, 0.1) is 5.52 Å². The monoisotopic (exact) mass is 285 g/mol. The van der Waals surface area contributed by atoms with Crippen LogP contribution in [0.4, 0.5) is 5.82 Å². The first-order valence-corrected chi connectivity index (χ1v) is 7.76. The number of hydrogen-bond acceptors (Lipinski definition) is 4. The van der Waals surface area contributed by atoms with Crippen LogP contribution in [0.5, 0.6) is 0 Å². The number of nitrogens with zero attached hydrogens (tertiary/aromatic N) is 2. The van der Waals surface area contributed by atoms with Gasteiger partial charge in [0.15, 0.2) is 0 Å². The maximum atomic E-state index is 9.16. The molecule has 3 N–H and O–H groups in total. The molecule has 0 spiro atoms. The molecule has 112 valence electrons. The van der Waals surface area contributed by atoms with E-state index in [4.69, 9.17) is 15.8 Å². The molecule has 1 aromatic carbocycles. The van der Waals surface area contributed by atoms with Crippen molar-refractivity contribution < 1.29 is 5.11 Å². The topological polar surface area (TPSA) is 62.4 Å². The normalized spacial score (nSPS) is 19.1. The van der Waals surface area contributed by atoms with Gasteiger partial charge >= 0.3 is 0 Å². The van der Waals surface area contributed by atoms with Crippen molar-refractivity contribution in [3.63, 3.8) is 0 Å². The maximum Gasteiger partial charge on any atom is 0.133 e. The van der Waals surface area contributed by atoms with Gasteiger partial charge in [-0.2, -0.15) is 0 Å². The SMILES string of the molecule is NCc1cc2ccccc2nc1N1CCCC(CCO)C1. The highest BCUT2D eigenvalue weighted by Gasteiger charge is 2.22. The lowest BCUT2D eigenvalue weighted by Crippen LogP contribution is -2.37. The van der Waals surface area contributed by atoms with Gasteiger partial charge in [-0.25, -0.2) is 4.98 Å². The summed E-state index contributed by atoms with van der Waals surface area (Å²) in [6.07, 6.45) is 3.23. The molecule has 1 aliphatic heterocycles. The predicted molar refractivity (Wildman–Crippen MR) is 86.3 cm³/mol. The van der Waals surface area contributed by atoms with Gasteiger partial charge < -0.3 is 15.7 Å². The fourth-order valence-electron chi connectivity index (χ4n) is 3.25. The number of aliphatic hydroxyl groups is 1. The molecule has 1 atom stereocenters. The van der Waals surface area contributed by atoms with Crippen LogP contribution in [-0.4, -0.2) is 29.8 Å². The molecule has 0 saturated carbocycles. The standard InChI is InChI=1S/C17H23N3O/c18-11-15-10-14-5-1-2-6-16(14)19-17(15)20-8-3-4-13(12-20)7-9-21/h1-2,5-6,10,13,21H,3-4,7-9,11-12,18H2. The molecule has 0 aliphatic carbocycles. The molecule has 1 saturated heterocycles. The van der Waals surface area contributed by atoms with E-state index < -0.39 is 0 Å². The molecule has 0 bridgehead atoms. The number of anilines is 1. The number of benzene rings is 1. The molecule has 0 radical (unpaired) electrons. The first-order valence-electron chi connectivity index (χ1n) is 7.76. The molecule has 1 unspecified atom stereocenters.